The monoisotopic (exact) mass is 228 g/mol. The molecule has 1 aromatic rings. The van der Waals surface area contributed by atoms with Gasteiger partial charge in [0, 0.05) is 6.07 Å². The van der Waals surface area contributed by atoms with Gasteiger partial charge in [-0.05, 0) is 13.0 Å². The Bertz CT molecular complexity index is 419. The molecule has 0 saturated carbocycles. The zero-order valence-electron chi connectivity index (χ0n) is 8.28. The lowest BCUT2D eigenvalue weighted by Gasteiger charge is -2.03. The Morgan fingerprint density at radius 1 is 1.25 bits per heavy atom. The third kappa shape index (κ3) is 2.42. The number of hydrogen-bond acceptors (Lipinski definition) is 6. The van der Waals surface area contributed by atoms with E-state index in [2.05, 4.69) is 9.78 Å². The molecule has 0 aliphatic carbocycles. The van der Waals surface area contributed by atoms with Gasteiger partial charge in [-0.15, -0.1) is 0 Å². The van der Waals surface area contributed by atoms with Crippen molar-refractivity contribution in [1.29, 1.82) is 0 Å². The van der Waals surface area contributed by atoms with Gasteiger partial charge in [-0.25, -0.2) is 0 Å². The molecule has 0 spiro atoms. The summed E-state index contributed by atoms with van der Waals surface area (Å²) in [4.78, 5) is 28.6. The maximum Gasteiger partial charge on any atom is 0.391 e. The van der Waals surface area contributed by atoms with Crippen LogP contribution in [0.15, 0.2) is 18.2 Å². The molecular weight excluding hydrogens is 220 g/mol. The van der Waals surface area contributed by atoms with Gasteiger partial charge < -0.3 is 4.89 Å². The summed E-state index contributed by atoms with van der Waals surface area (Å²) in [6.07, 6.45) is 0. The molecule has 0 aromatic heterocycles. The van der Waals surface area contributed by atoms with E-state index in [1.165, 1.54) is 12.1 Å². The molecule has 86 valence electrons. The second kappa shape index (κ2) is 5.03. The molecule has 0 saturated heterocycles. The number of nitro benzene ring substituents is 2. The Labute approximate surface area is 89.6 Å². The smallest absolute Gasteiger partial charge is 0.330 e. The highest BCUT2D eigenvalue weighted by molar-refractivity contribution is 5.61. The van der Waals surface area contributed by atoms with Gasteiger partial charge in [0.1, 0.15) is 0 Å². The molecule has 0 bridgehead atoms. The maximum absolute atomic E-state index is 10.7. The fraction of sp³-hybridized carbons (Fsp3) is 0.250. The highest BCUT2D eigenvalue weighted by Crippen LogP contribution is 2.35. The molecule has 0 unspecified atom stereocenters. The van der Waals surface area contributed by atoms with Gasteiger partial charge in [0.2, 0.25) is 5.75 Å². The van der Waals surface area contributed by atoms with Crippen molar-refractivity contribution in [3.05, 3.63) is 38.4 Å². The Morgan fingerprint density at radius 2 is 1.94 bits per heavy atom. The van der Waals surface area contributed by atoms with E-state index in [1.54, 1.807) is 6.92 Å². The van der Waals surface area contributed by atoms with Crippen LogP contribution in [0.5, 0.6) is 5.75 Å². The van der Waals surface area contributed by atoms with Crippen molar-refractivity contribution in [2.45, 2.75) is 6.92 Å². The van der Waals surface area contributed by atoms with Crippen molar-refractivity contribution < 1.29 is 19.6 Å². The van der Waals surface area contributed by atoms with Crippen LogP contribution in [0.1, 0.15) is 6.92 Å². The SMILES string of the molecule is CCOOc1cccc([N+](=O)[O-])c1[N+](=O)[O-]. The molecule has 0 amide bonds. The highest BCUT2D eigenvalue weighted by Gasteiger charge is 2.30. The van der Waals surface area contributed by atoms with Crippen molar-refractivity contribution in [2.24, 2.45) is 0 Å². The van der Waals surface area contributed by atoms with Crippen LogP contribution in [-0.2, 0) is 4.89 Å². The number of nitrogens with zero attached hydrogens (tertiary/aromatic N) is 2. The van der Waals surface area contributed by atoms with E-state index < -0.39 is 21.2 Å². The second-order valence-electron chi connectivity index (χ2n) is 2.63. The van der Waals surface area contributed by atoms with Gasteiger partial charge in [-0.2, -0.15) is 4.89 Å². The molecule has 0 aliphatic rings. The summed E-state index contributed by atoms with van der Waals surface area (Å²) >= 11 is 0. The van der Waals surface area contributed by atoms with Crippen LogP contribution in [0.4, 0.5) is 11.4 Å². The van der Waals surface area contributed by atoms with Crippen LogP contribution in [0.25, 0.3) is 0 Å². The summed E-state index contributed by atoms with van der Waals surface area (Å²) in [5.74, 6) is -0.291. The molecule has 0 aliphatic heterocycles. The molecule has 0 radical (unpaired) electrons. The maximum atomic E-state index is 10.7. The largest absolute Gasteiger partial charge is 0.391 e. The quantitative estimate of drug-likeness (QED) is 0.432. The third-order valence-corrected chi connectivity index (χ3v) is 1.62. The summed E-state index contributed by atoms with van der Waals surface area (Å²) in [5.41, 5.74) is -1.36. The Morgan fingerprint density at radius 3 is 2.44 bits per heavy atom. The minimum atomic E-state index is -0.882. The van der Waals surface area contributed by atoms with Crippen molar-refractivity contribution in [2.75, 3.05) is 6.61 Å². The van der Waals surface area contributed by atoms with E-state index in [9.17, 15) is 20.2 Å². The summed E-state index contributed by atoms with van der Waals surface area (Å²) in [5, 5.41) is 21.2. The van der Waals surface area contributed by atoms with Crippen LogP contribution in [0.2, 0.25) is 0 Å². The van der Waals surface area contributed by atoms with Crippen LogP contribution in [0, 0.1) is 20.2 Å². The summed E-state index contributed by atoms with van der Waals surface area (Å²) in [6.45, 7) is 1.78. The number of benzene rings is 1. The predicted octanol–water partition coefficient (Wildman–Crippen LogP) is 1.83. The number of hydrogen-bond donors (Lipinski definition) is 0. The average Bonchev–Trinajstić information content (AvgIpc) is 2.25. The number of nitro groups is 2. The van der Waals surface area contributed by atoms with Crippen molar-refractivity contribution in [3.63, 3.8) is 0 Å². The molecule has 0 N–H and O–H groups in total. The highest BCUT2D eigenvalue weighted by atomic mass is 17.2. The van der Waals surface area contributed by atoms with Crippen LogP contribution < -0.4 is 4.89 Å². The molecule has 0 fully saturated rings. The Hall–Kier alpha value is -2.22. The van der Waals surface area contributed by atoms with E-state index >= 15 is 0 Å². The third-order valence-electron chi connectivity index (χ3n) is 1.62. The molecule has 0 heterocycles. The second-order valence-corrected chi connectivity index (χ2v) is 2.63. The Balaban J connectivity index is 3.21. The molecule has 0 atom stereocenters. The van der Waals surface area contributed by atoms with Crippen LogP contribution in [0.3, 0.4) is 0 Å². The van der Waals surface area contributed by atoms with Gasteiger partial charge in [0.25, 0.3) is 0 Å². The molecule has 16 heavy (non-hydrogen) atoms. The molecule has 8 nitrogen and oxygen atoms in total. The fourth-order valence-corrected chi connectivity index (χ4v) is 1.03. The van der Waals surface area contributed by atoms with Crippen LogP contribution >= 0.6 is 0 Å². The fourth-order valence-electron chi connectivity index (χ4n) is 1.03. The molecular formula is C8H8N2O6. The lowest BCUT2D eigenvalue weighted by atomic mass is 10.2. The van der Waals surface area contributed by atoms with Gasteiger partial charge in [0.15, 0.2) is 0 Å². The van der Waals surface area contributed by atoms with Gasteiger partial charge in [-0.3, -0.25) is 20.2 Å². The number of rotatable bonds is 5. The lowest BCUT2D eigenvalue weighted by Crippen LogP contribution is -2.02. The number of para-hydroxylation sites is 1. The Kier molecular flexibility index (Phi) is 3.72. The first-order valence-corrected chi connectivity index (χ1v) is 4.29. The van der Waals surface area contributed by atoms with Gasteiger partial charge in [0.05, 0.1) is 16.5 Å². The summed E-state index contributed by atoms with van der Waals surface area (Å²) in [7, 11) is 0. The van der Waals surface area contributed by atoms with Crippen LogP contribution in [-0.4, -0.2) is 16.5 Å². The first-order valence-electron chi connectivity index (χ1n) is 4.29. The van der Waals surface area contributed by atoms with Crippen molar-refractivity contribution in [3.8, 4) is 5.75 Å². The minimum Gasteiger partial charge on any atom is -0.330 e. The first kappa shape index (κ1) is 11.9. The van der Waals surface area contributed by atoms with E-state index in [0.29, 0.717) is 0 Å². The molecule has 1 rings (SSSR count). The normalized spacial score (nSPS) is 9.81. The summed E-state index contributed by atoms with van der Waals surface area (Å²) < 4.78 is 0. The van der Waals surface area contributed by atoms with E-state index in [1.807, 2.05) is 0 Å². The first-order chi connectivity index (χ1) is 7.57. The van der Waals surface area contributed by atoms with Crippen molar-refractivity contribution in [1.82, 2.24) is 0 Å². The van der Waals surface area contributed by atoms with E-state index in [0.717, 1.165) is 6.07 Å². The zero-order chi connectivity index (χ0) is 12.1. The van der Waals surface area contributed by atoms with E-state index in [4.69, 9.17) is 0 Å². The summed E-state index contributed by atoms with van der Waals surface area (Å²) in [6, 6.07) is 3.53. The minimum absolute atomic E-state index is 0.167. The standard InChI is InChI=1S/C8H8N2O6/c1-2-15-16-7-5-3-4-6(9(11)12)8(7)10(13)14/h3-5H,2H2,1H3. The predicted molar refractivity (Wildman–Crippen MR) is 52.0 cm³/mol. The molecule has 8 heteroatoms. The zero-order valence-corrected chi connectivity index (χ0v) is 8.28. The lowest BCUT2D eigenvalue weighted by molar-refractivity contribution is -0.424. The van der Waals surface area contributed by atoms with Gasteiger partial charge in [-0.1, -0.05) is 6.07 Å². The van der Waals surface area contributed by atoms with E-state index in [-0.39, 0.29) is 12.4 Å². The van der Waals surface area contributed by atoms with Crippen molar-refractivity contribution >= 4 is 11.4 Å². The topological polar surface area (TPSA) is 105 Å². The molecule has 1 aromatic carbocycles. The average molecular weight is 228 g/mol. The van der Waals surface area contributed by atoms with Gasteiger partial charge >= 0.3 is 11.4 Å².